The predicted octanol–water partition coefficient (Wildman–Crippen LogP) is 2.08. The lowest BCUT2D eigenvalue weighted by Gasteiger charge is -2.19. The molecular weight excluding hydrogens is 274 g/mol. The Balaban J connectivity index is 2.73. The molecule has 0 bridgehead atoms. The average Bonchev–Trinajstić information content (AvgIpc) is 2.79. The Morgan fingerprint density at radius 1 is 1.35 bits per heavy atom. The van der Waals surface area contributed by atoms with E-state index in [0.29, 0.717) is 6.42 Å². The van der Waals surface area contributed by atoms with Gasteiger partial charge < -0.3 is 5.32 Å². The maximum Gasteiger partial charge on any atom is 0.150 e. The number of nitrogens with one attached hydrogen (secondary N) is 1. The third kappa shape index (κ3) is 4.90. The van der Waals surface area contributed by atoms with Gasteiger partial charge in [-0.25, -0.2) is 8.42 Å². The van der Waals surface area contributed by atoms with E-state index in [0.717, 1.165) is 30.9 Å². The van der Waals surface area contributed by atoms with Crippen molar-refractivity contribution in [2.75, 3.05) is 18.1 Å². The van der Waals surface area contributed by atoms with Crippen LogP contribution in [0.15, 0.2) is 6.07 Å². The van der Waals surface area contributed by atoms with E-state index in [2.05, 4.69) is 30.3 Å². The molecule has 0 aliphatic heterocycles. The molecule has 0 aliphatic carbocycles. The summed E-state index contributed by atoms with van der Waals surface area (Å²) in [6.45, 7) is 9.51. The van der Waals surface area contributed by atoms with E-state index in [9.17, 15) is 8.42 Å². The second kappa shape index (κ2) is 7.78. The third-order valence-corrected chi connectivity index (χ3v) is 5.22. The van der Waals surface area contributed by atoms with Gasteiger partial charge in [0.15, 0.2) is 0 Å². The zero-order valence-corrected chi connectivity index (χ0v) is 13.8. The minimum absolute atomic E-state index is 0.174. The summed E-state index contributed by atoms with van der Waals surface area (Å²) < 4.78 is 25.1. The first kappa shape index (κ1) is 17.2. The Morgan fingerprint density at radius 2 is 2.05 bits per heavy atom. The SMILES string of the molecule is CCNC(CCCS(=O)(=O)CC)c1cc(C)nn1CC. The lowest BCUT2D eigenvalue weighted by Crippen LogP contribution is -2.24. The van der Waals surface area contributed by atoms with Crippen molar-refractivity contribution in [2.45, 2.75) is 53.1 Å². The summed E-state index contributed by atoms with van der Waals surface area (Å²) in [4.78, 5) is 0. The highest BCUT2D eigenvalue weighted by Crippen LogP contribution is 2.20. The molecule has 1 atom stereocenters. The summed E-state index contributed by atoms with van der Waals surface area (Å²) in [5.74, 6) is 0.496. The predicted molar refractivity (Wildman–Crippen MR) is 82.6 cm³/mol. The van der Waals surface area contributed by atoms with Gasteiger partial charge in [0.2, 0.25) is 0 Å². The Hall–Kier alpha value is -0.880. The highest BCUT2D eigenvalue weighted by molar-refractivity contribution is 7.91. The van der Waals surface area contributed by atoms with Crippen LogP contribution in [0.1, 0.15) is 51.0 Å². The molecule has 0 spiro atoms. The van der Waals surface area contributed by atoms with Crippen molar-refractivity contribution < 1.29 is 8.42 Å². The van der Waals surface area contributed by atoms with Crippen LogP contribution in [0.2, 0.25) is 0 Å². The van der Waals surface area contributed by atoms with E-state index >= 15 is 0 Å². The summed E-state index contributed by atoms with van der Waals surface area (Å²) in [5, 5.41) is 7.90. The molecule has 6 heteroatoms. The van der Waals surface area contributed by atoms with Crippen molar-refractivity contribution in [3.8, 4) is 0 Å². The molecule has 1 N–H and O–H groups in total. The monoisotopic (exact) mass is 301 g/mol. The minimum Gasteiger partial charge on any atom is -0.309 e. The molecule has 1 heterocycles. The Morgan fingerprint density at radius 3 is 2.60 bits per heavy atom. The maximum absolute atomic E-state index is 11.6. The third-order valence-electron chi connectivity index (χ3n) is 3.43. The van der Waals surface area contributed by atoms with Crippen molar-refractivity contribution in [2.24, 2.45) is 0 Å². The van der Waals surface area contributed by atoms with Crippen molar-refractivity contribution in [3.63, 3.8) is 0 Å². The highest BCUT2D eigenvalue weighted by Gasteiger charge is 2.17. The number of aryl methyl sites for hydroxylation is 2. The zero-order chi connectivity index (χ0) is 15.2. The maximum atomic E-state index is 11.6. The van der Waals surface area contributed by atoms with Gasteiger partial charge in [0, 0.05) is 18.3 Å². The van der Waals surface area contributed by atoms with E-state index in [1.807, 2.05) is 11.6 Å². The van der Waals surface area contributed by atoms with Crippen LogP contribution in [0, 0.1) is 6.92 Å². The first-order valence-electron chi connectivity index (χ1n) is 7.41. The normalized spacial score (nSPS) is 13.6. The molecule has 0 saturated heterocycles. The summed E-state index contributed by atoms with van der Waals surface area (Å²) >= 11 is 0. The second-order valence-corrected chi connectivity index (χ2v) is 7.49. The van der Waals surface area contributed by atoms with E-state index < -0.39 is 9.84 Å². The molecule has 1 rings (SSSR count). The molecule has 0 saturated carbocycles. The summed E-state index contributed by atoms with van der Waals surface area (Å²) in [6.07, 6.45) is 1.50. The number of rotatable bonds is 9. The largest absolute Gasteiger partial charge is 0.309 e. The molecule has 0 amide bonds. The van der Waals surface area contributed by atoms with Crippen LogP contribution in [0.4, 0.5) is 0 Å². The van der Waals surface area contributed by atoms with Crippen molar-refractivity contribution >= 4 is 9.84 Å². The van der Waals surface area contributed by atoms with Gasteiger partial charge in [-0.1, -0.05) is 13.8 Å². The Bertz CT molecular complexity index is 508. The zero-order valence-electron chi connectivity index (χ0n) is 13.0. The number of hydrogen-bond donors (Lipinski definition) is 1. The standard InChI is InChI=1S/C14H27N3O2S/c1-5-15-13(9-8-10-20(18,19)7-3)14-11-12(4)16-17(14)6-2/h11,13,15H,5-10H2,1-4H3. The van der Waals surface area contributed by atoms with Crippen LogP contribution in [-0.2, 0) is 16.4 Å². The molecule has 1 aromatic heterocycles. The van der Waals surface area contributed by atoms with Crippen LogP contribution >= 0.6 is 0 Å². The molecule has 0 aromatic carbocycles. The van der Waals surface area contributed by atoms with Gasteiger partial charge in [-0.05, 0) is 39.3 Å². The van der Waals surface area contributed by atoms with Crippen molar-refractivity contribution in [1.29, 1.82) is 0 Å². The molecule has 0 fully saturated rings. The van der Waals surface area contributed by atoms with Gasteiger partial charge in [-0.3, -0.25) is 4.68 Å². The average molecular weight is 301 g/mol. The molecule has 5 nitrogen and oxygen atoms in total. The molecular formula is C14H27N3O2S. The van der Waals surface area contributed by atoms with Crippen LogP contribution in [-0.4, -0.2) is 36.2 Å². The van der Waals surface area contributed by atoms with Gasteiger partial charge >= 0.3 is 0 Å². The molecule has 1 unspecified atom stereocenters. The Labute approximate surface area is 122 Å². The first-order chi connectivity index (χ1) is 9.43. The fourth-order valence-corrected chi connectivity index (χ4v) is 3.25. The number of sulfone groups is 1. The smallest absolute Gasteiger partial charge is 0.150 e. The van der Waals surface area contributed by atoms with Crippen molar-refractivity contribution in [3.05, 3.63) is 17.5 Å². The second-order valence-electron chi connectivity index (χ2n) is 5.02. The van der Waals surface area contributed by atoms with Gasteiger partial charge in [-0.2, -0.15) is 5.10 Å². The number of hydrogen-bond acceptors (Lipinski definition) is 4. The van der Waals surface area contributed by atoms with Gasteiger partial charge in [-0.15, -0.1) is 0 Å². The number of aromatic nitrogens is 2. The molecule has 0 radical (unpaired) electrons. The Kier molecular flexibility index (Phi) is 6.68. The van der Waals surface area contributed by atoms with Gasteiger partial charge in [0.1, 0.15) is 9.84 Å². The van der Waals surface area contributed by atoms with Crippen LogP contribution < -0.4 is 5.32 Å². The fraction of sp³-hybridized carbons (Fsp3) is 0.786. The van der Waals surface area contributed by atoms with E-state index in [-0.39, 0.29) is 17.5 Å². The minimum atomic E-state index is -2.87. The quantitative estimate of drug-likeness (QED) is 0.758. The summed E-state index contributed by atoms with van der Waals surface area (Å²) in [6, 6.07) is 2.26. The summed E-state index contributed by atoms with van der Waals surface area (Å²) in [5.41, 5.74) is 2.16. The van der Waals surface area contributed by atoms with Gasteiger partial charge in [0.05, 0.1) is 17.1 Å². The highest BCUT2D eigenvalue weighted by atomic mass is 32.2. The van der Waals surface area contributed by atoms with Gasteiger partial charge in [0.25, 0.3) is 0 Å². The topological polar surface area (TPSA) is 64.0 Å². The number of nitrogens with zero attached hydrogens (tertiary/aromatic N) is 2. The van der Waals surface area contributed by atoms with E-state index in [4.69, 9.17) is 0 Å². The van der Waals surface area contributed by atoms with Crippen molar-refractivity contribution in [1.82, 2.24) is 15.1 Å². The van der Waals surface area contributed by atoms with E-state index in [1.165, 1.54) is 0 Å². The van der Waals surface area contributed by atoms with E-state index in [1.54, 1.807) is 6.92 Å². The molecule has 20 heavy (non-hydrogen) atoms. The molecule has 116 valence electrons. The first-order valence-corrected chi connectivity index (χ1v) is 9.23. The lowest BCUT2D eigenvalue weighted by atomic mass is 10.1. The van der Waals surface area contributed by atoms with Crippen LogP contribution in [0.3, 0.4) is 0 Å². The van der Waals surface area contributed by atoms with Crippen LogP contribution in [0.25, 0.3) is 0 Å². The molecule has 1 aromatic rings. The fourth-order valence-electron chi connectivity index (χ4n) is 2.35. The molecule has 0 aliphatic rings. The lowest BCUT2D eigenvalue weighted by molar-refractivity contribution is 0.462. The van der Waals surface area contributed by atoms with Crippen LogP contribution in [0.5, 0.6) is 0 Å². The summed E-state index contributed by atoms with van der Waals surface area (Å²) in [7, 11) is -2.87.